The van der Waals surface area contributed by atoms with Crippen LogP contribution >= 0.6 is 13.7 Å². The van der Waals surface area contributed by atoms with E-state index in [1.54, 1.807) is 0 Å². The second kappa shape index (κ2) is 9.13. The van der Waals surface area contributed by atoms with Gasteiger partial charge >= 0.3 is 6.64 Å². The molecule has 27 heavy (non-hydrogen) atoms. The summed E-state index contributed by atoms with van der Waals surface area (Å²) in [5.41, 5.74) is 3.40. The van der Waals surface area contributed by atoms with Crippen molar-refractivity contribution in [2.24, 2.45) is 4.52 Å². The molecule has 3 nitrogen and oxygen atoms in total. The minimum Gasteiger partial charge on any atom is -0.313 e. The maximum Gasteiger partial charge on any atom is 0.308 e. The second-order valence-electron chi connectivity index (χ2n) is 5.76. The van der Waals surface area contributed by atoms with Gasteiger partial charge in [-0.2, -0.15) is 0 Å². The van der Waals surface area contributed by atoms with Crippen LogP contribution < -0.4 is 10.6 Å². The summed E-state index contributed by atoms with van der Waals surface area (Å²) in [4.78, 5) is 0. The van der Waals surface area contributed by atoms with E-state index in [4.69, 9.17) is 25.4 Å². The molecule has 2 aromatic carbocycles. The molecule has 0 aliphatic heterocycles. The summed E-state index contributed by atoms with van der Waals surface area (Å²) in [7, 11) is -2.42. The zero-order valence-corrected chi connectivity index (χ0v) is 18.1. The molecule has 0 saturated heterocycles. The zero-order valence-electron chi connectivity index (χ0n) is 15.5. The fourth-order valence-corrected chi connectivity index (χ4v) is 10.9. The Labute approximate surface area is 166 Å². The molecule has 2 aromatic rings. The van der Waals surface area contributed by atoms with Crippen molar-refractivity contribution >= 4 is 36.1 Å². The van der Waals surface area contributed by atoms with Crippen molar-refractivity contribution in [3.8, 4) is 0 Å². The van der Waals surface area contributed by atoms with Crippen molar-refractivity contribution in [2.45, 2.75) is 13.8 Å². The largest absolute Gasteiger partial charge is 0.313 e. The lowest BCUT2D eigenvalue weighted by molar-refractivity contribution is 0.268. The first-order valence-electron chi connectivity index (χ1n) is 8.93. The van der Waals surface area contributed by atoms with Gasteiger partial charge in [-0.1, -0.05) is 66.7 Å². The Bertz CT molecular complexity index is 924. The first kappa shape index (κ1) is 20.2. The van der Waals surface area contributed by atoms with Gasteiger partial charge in [0.2, 0.25) is 0 Å². The van der Waals surface area contributed by atoms with E-state index in [-0.39, 0.29) is 0 Å². The van der Waals surface area contributed by atoms with Crippen LogP contribution in [0.1, 0.15) is 13.8 Å². The van der Waals surface area contributed by atoms with E-state index >= 15 is 0 Å². The molecule has 0 unspecified atom stereocenters. The summed E-state index contributed by atoms with van der Waals surface area (Å²) in [6, 6.07) is 20.6. The Morgan fingerprint density at radius 2 is 1.41 bits per heavy atom. The van der Waals surface area contributed by atoms with E-state index in [2.05, 4.69) is 36.1 Å². The maximum atomic E-state index is 5.92. The molecule has 0 radical (unpaired) electrons. The molecule has 0 atom stereocenters. The summed E-state index contributed by atoms with van der Waals surface area (Å²) < 4.78 is 17.1. The molecule has 0 bridgehead atoms. The van der Waals surface area contributed by atoms with Gasteiger partial charge < -0.3 is 9.05 Å². The smallest absolute Gasteiger partial charge is 0.308 e. The molecule has 1 aliphatic rings. The van der Waals surface area contributed by atoms with Gasteiger partial charge in [0.1, 0.15) is 0 Å². The van der Waals surface area contributed by atoms with Gasteiger partial charge in [0, 0.05) is 15.9 Å². The Morgan fingerprint density at radius 1 is 0.889 bits per heavy atom. The van der Waals surface area contributed by atoms with E-state index < -0.39 is 13.7 Å². The fourth-order valence-electron chi connectivity index (χ4n) is 2.97. The molecule has 0 amide bonds. The molecule has 1 aliphatic carbocycles. The highest BCUT2D eigenvalue weighted by Crippen LogP contribution is 2.66. The normalized spacial score (nSPS) is 13.6. The third kappa shape index (κ3) is 4.33. The van der Waals surface area contributed by atoms with Gasteiger partial charge in [0.15, 0.2) is 0 Å². The Hall–Kier alpha value is -1.50. The molecule has 0 spiro atoms. The molecule has 0 aromatic heterocycles. The van der Waals surface area contributed by atoms with Crippen LogP contribution in [-0.4, -0.2) is 13.2 Å². The summed E-state index contributed by atoms with van der Waals surface area (Å²) in [5, 5.41) is 3.27. The lowest BCUT2D eigenvalue weighted by Gasteiger charge is -2.29. The van der Waals surface area contributed by atoms with Crippen LogP contribution in [0.4, 0.5) is 0 Å². The number of hydrogen-bond acceptors (Lipinski definition) is 3. The first-order valence-corrected chi connectivity index (χ1v) is 13.3. The van der Waals surface area contributed by atoms with Crippen LogP contribution in [0.5, 0.6) is 0 Å². The van der Waals surface area contributed by atoms with Gasteiger partial charge in [-0.3, -0.25) is 0 Å². The van der Waals surface area contributed by atoms with Gasteiger partial charge in [-0.15, -0.1) is 5.73 Å². The number of rotatable bonds is 8. The lowest BCUT2D eigenvalue weighted by Crippen LogP contribution is -2.17. The van der Waals surface area contributed by atoms with Crippen LogP contribution in [0, 0.1) is 0 Å². The van der Waals surface area contributed by atoms with E-state index in [0.717, 1.165) is 15.9 Å². The minimum absolute atomic E-state index is 0.467. The first-order chi connectivity index (χ1) is 13.1. The highest BCUT2D eigenvalue weighted by Gasteiger charge is 2.33. The van der Waals surface area contributed by atoms with Crippen molar-refractivity contribution in [1.82, 2.24) is 0 Å². The molecule has 0 saturated carbocycles. The van der Waals surface area contributed by atoms with Gasteiger partial charge in [0.05, 0.1) is 20.3 Å². The maximum absolute atomic E-state index is 5.92. The third-order valence-electron chi connectivity index (χ3n) is 4.02. The van der Waals surface area contributed by atoms with Gasteiger partial charge in [0.25, 0.3) is 0 Å². The van der Waals surface area contributed by atoms with Crippen molar-refractivity contribution in [3.05, 3.63) is 89.9 Å². The predicted octanol–water partition coefficient (Wildman–Crippen LogP) is 5.74. The van der Waals surface area contributed by atoms with Crippen molar-refractivity contribution in [3.63, 3.8) is 0 Å². The number of hydrogen-bond donors (Lipinski definition) is 0. The van der Waals surface area contributed by atoms with E-state index in [0.29, 0.717) is 13.2 Å². The average molecular weight is 415 g/mol. The van der Waals surface area contributed by atoms with Crippen LogP contribution in [-0.2, 0) is 20.9 Å². The fraction of sp³-hybridized carbons (Fsp3) is 0.190. The van der Waals surface area contributed by atoms with Crippen LogP contribution in [0.25, 0.3) is 0 Å². The van der Waals surface area contributed by atoms with Crippen molar-refractivity contribution in [2.75, 3.05) is 13.2 Å². The van der Waals surface area contributed by atoms with Crippen LogP contribution in [0.15, 0.2) is 94.5 Å². The number of allylic oxidation sites excluding steroid dienone is 3. The van der Waals surface area contributed by atoms with E-state index in [9.17, 15) is 0 Å². The van der Waals surface area contributed by atoms with Crippen molar-refractivity contribution < 1.29 is 9.05 Å². The molecular formula is C21H23NO2P2S. The topological polar surface area (TPSA) is 30.8 Å². The Morgan fingerprint density at radius 3 is 1.81 bits per heavy atom. The quantitative estimate of drug-likeness (QED) is 0.407. The van der Waals surface area contributed by atoms with E-state index in [1.807, 2.05) is 62.4 Å². The van der Waals surface area contributed by atoms with Crippen molar-refractivity contribution in [1.29, 1.82) is 0 Å². The van der Waals surface area contributed by atoms with E-state index in [1.165, 1.54) is 0 Å². The monoisotopic (exact) mass is 415 g/mol. The van der Waals surface area contributed by atoms with Crippen LogP contribution in [0.3, 0.4) is 0 Å². The molecule has 0 fully saturated rings. The number of benzene rings is 2. The SMILES string of the molecule is CCOP(=S)(N=P(C1=C=CC=C1)(c1ccccc1)c1ccccc1)OCC. The highest BCUT2D eigenvalue weighted by molar-refractivity contribution is 8.11. The summed E-state index contributed by atoms with van der Waals surface area (Å²) in [6.07, 6.45) is 6.00. The highest BCUT2D eigenvalue weighted by atomic mass is 32.5. The molecule has 3 rings (SSSR count). The summed E-state index contributed by atoms with van der Waals surface area (Å²) >= 11 is 5.84. The molecule has 0 N–H and O–H groups in total. The third-order valence-corrected chi connectivity index (χ3v) is 11.5. The van der Waals surface area contributed by atoms with Gasteiger partial charge in [-0.25, -0.2) is 4.52 Å². The Balaban J connectivity index is 2.41. The molecule has 6 heteroatoms. The van der Waals surface area contributed by atoms with Gasteiger partial charge in [-0.05, 0) is 37.8 Å². The summed E-state index contributed by atoms with van der Waals surface area (Å²) in [5.74, 6) is 0. The average Bonchev–Trinajstić information content (AvgIpc) is 3.23. The molecule has 140 valence electrons. The molecular weight excluding hydrogens is 392 g/mol. The molecule has 0 heterocycles. The second-order valence-corrected chi connectivity index (χ2v) is 12.1. The lowest BCUT2D eigenvalue weighted by atomic mass is 10.4. The zero-order chi connectivity index (χ0) is 19.2. The van der Waals surface area contributed by atoms with Crippen LogP contribution in [0.2, 0.25) is 0 Å². The predicted molar refractivity (Wildman–Crippen MR) is 120 cm³/mol. The standard InChI is InChI=1S/C21H23NO2P2S/c1-3-23-26(27,24-4-2)22-25(21-17-11-12-18-21,19-13-7-5-8-14-19)20-15-9-6-10-16-20/h5-17H,3-4H2,1-2H3. The number of nitrogens with zero attached hydrogens (tertiary/aromatic N) is 1. The Kier molecular flexibility index (Phi) is 6.84. The summed E-state index contributed by atoms with van der Waals surface area (Å²) in [6.45, 7) is 1.96. The minimum atomic E-state index is -2.83.